The molecule has 10 aromatic rings. The zero-order valence-corrected chi connectivity index (χ0v) is 29.1. The summed E-state index contributed by atoms with van der Waals surface area (Å²) in [6.45, 7) is 0. The normalized spacial score (nSPS) is 11.5. The third-order valence-corrected chi connectivity index (χ3v) is 11.3. The van der Waals surface area contributed by atoms with E-state index in [9.17, 15) is 0 Å². The fourth-order valence-electron chi connectivity index (χ4n) is 7.56. The molecule has 0 fully saturated rings. The van der Waals surface area contributed by atoms with Crippen LogP contribution in [-0.2, 0) is 0 Å². The van der Waals surface area contributed by atoms with Gasteiger partial charge >= 0.3 is 0 Å². The van der Waals surface area contributed by atoms with Crippen LogP contribution in [0.1, 0.15) is 0 Å². The third-order valence-electron chi connectivity index (χ3n) is 10.1. The topological polar surface area (TPSA) is 17.8 Å². The largest absolute Gasteiger partial charge is 0.291 e. The Bertz CT molecular complexity index is 2810. The van der Waals surface area contributed by atoms with E-state index >= 15 is 0 Å². The van der Waals surface area contributed by atoms with Crippen LogP contribution < -0.4 is 0 Å². The molecule has 0 saturated carbocycles. The number of thiophene rings is 1. The maximum absolute atomic E-state index is 5.42. The van der Waals surface area contributed by atoms with E-state index in [1.165, 1.54) is 53.6 Å². The van der Waals surface area contributed by atoms with E-state index in [0.29, 0.717) is 0 Å². The predicted octanol–water partition coefficient (Wildman–Crippen LogP) is 13.7. The van der Waals surface area contributed by atoms with Gasteiger partial charge in [0, 0.05) is 36.9 Å². The monoisotopic (exact) mass is 680 g/mol. The van der Waals surface area contributed by atoms with Crippen LogP contribution in [0.15, 0.2) is 194 Å². The van der Waals surface area contributed by atoms with E-state index in [2.05, 4.69) is 199 Å². The average molecular weight is 681 g/mol. The fraction of sp³-hybridized carbons (Fsp3) is 0. The van der Waals surface area contributed by atoms with Gasteiger partial charge in [0.15, 0.2) is 0 Å². The summed E-state index contributed by atoms with van der Waals surface area (Å²) in [5, 5.41) is 2.52. The molecule has 10 rings (SSSR count). The zero-order chi connectivity index (χ0) is 34.4. The second-order valence-electron chi connectivity index (χ2n) is 13.1. The second kappa shape index (κ2) is 12.6. The molecule has 8 aromatic carbocycles. The lowest BCUT2D eigenvalue weighted by atomic mass is 9.95. The smallest absolute Gasteiger partial charge is 0.147 e. The minimum atomic E-state index is 0.940. The van der Waals surface area contributed by atoms with Crippen molar-refractivity contribution in [1.29, 1.82) is 0 Å². The van der Waals surface area contributed by atoms with Crippen LogP contribution in [0.2, 0.25) is 0 Å². The summed E-state index contributed by atoms with van der Waals surface area (Å²) in [4.78, 5) is 5.42. The Morgan fingerprint density at radius 3 is 1.58 bits per heavy atom. The molecule has 0 spiro atoms. The van der Waals surface area contributed by atoms with Crippen LogP contribution in [0.3, 0.4) is 0 Å². The number of fused-ring (bicyclic) bond motifs is 4. The molecule has 0 bridgehead atoms. The Kier molecular flexibility index (Phi) is 7.37. The summed E-state index contributed by atoms with van der Waals surface area (Å²) in [7, 11) is 0. The number of benzene rings is 8. The van der Waals surface area contributed by atoms with Gasteiger partial charge in [0.1, 0.15) is 5.82 Å². The maximum atomic E-state index is 5.42. The predicted molar refractivity (Wildman–Crippen MR) is 221 cm³/mol. The highest BCUT2D eigenvalue weighted by molar-refractivity contribution is 7.26. The van der Waals surface area contributed by atoms with Crippen LogP contribution in [0.4, 0.5) is 0 Å². The van der Waals surface area contributed by atoms with Gasteiger partial charge in [-0.1, -0.05) is 170 Å². The van der Waals surface area contributed by atoms with Crippen LogP contribution >= 0.6 is 11.3 Å². The van der Waals surface area contributed by atoms with Gasteiger partial charge in [0.25, 0.3) is 0 Å². The van der Waals surface area contributed by atoms with Crippen LogP contribution in [0, 0.1) is 0 Å². The highest BCUT2D eigenvalue weighted by Gasteiger charge is 2.23. The maximum Gasteiger partial charge on any atom is 0.147 e. The lowest BCUT2D eigenvalue weighted by molar-refractivity contribution is 1.11. The summed E-state index contributed by atoms with van der Waals surface area (Å²) >= 11 is 1.85. The van der Waals surface area contributed by atoms with Crippen molar-refractivity contribution in [3.8, 4) is 61.6 Å². The van der Waals surface area contributed by atoms with Gasteiger partial charge in [0.05, 0.1) is 16.7 Å². The standard InChI is InChI=1S/C49H32N2S/c1-4-14-33(15-5-1)34-26-28-35(29-27-34)38-30-31-41-42-22-13-23-43(48(42)52-46(41)32-38)49-50-44-24-10-11-25-45(44)51(49)47-39(36-16-6-2-7-17-36)20-12-21-40(47)37-18-8-3-9-19-37/h1-32H. The molecule has 2 heterocycles. The van der Waals surface area contributed by atoms with Crippen molar-refractivity contribution in [2.45, 2.75) is 0 Å². The lowest BCUT2D eigenvalue weighted by Crippen LogP contribution is -2.03. The number of hydrogen-bond acceptors (Lipinski definition) is 2. The summed E-state index contributed by atoms with van der Waals surface area (Å²) < 4.78 is 4.91. The summed E-state index contributed by atoms with van der Waals surface area (Å²) in [5.41, 5.74) is 13.9. The van der Waals surface area contributed by atoms with Crippen molar-refractivity contribution < 1.29 is 0 Å². The minimum Gasteiger partial charge on any atom is -0.291 e. The Hall–Kier alpha value is -6.55. The van der Waals surface area contributed by atoms with Crippen LogP contribution in [0.5, 0.6) is 0 Å². The Balaban J connectivity index is 1.18. The quantitative estimate of drug-likeness (QED) is 0.171. The molecule has 244 valence electrons. The number of aromatic nitrogens is 2. The Morgan fingerprint density at radius 1 is 0.385 bits per heavy atom. The van der Waals surface area contributed by atoms with Gasteiger partial charge in [-0.15, -0.1) is 11.3 Å². The molecule has 0 radical (unpaired) electrons. The van der Waals surface area contributed by atoms with Gasteiger partial charge in [-0.05, 0) is 57.6 Å². The van der Waals surface area contributed by atoms with Crippen molar-refractivity contribution in [1.82, 2.24) is 9.55 Å². The highest BCUT2D eigenvalue weighted by atomic mass is 32.1. The molecule has 3 heteroatoms. The van der Waals surface area contributed by atoms with Crippen LogP contribution in [-0.4, -0.2) is 9.55 Å². The second-order valence-corrected chi connectivity index (χ2v) is 14.2. The van der Waals surface area contributed by atoms with Crippen molar-refractivity contribution in [3.05, 3.63) is 194 Å². The molecule has 0 atom stereocenters. The number of rotatable bonds is 6. The van der Waals surface area contributed by atoms with E-state index in [1.54, 1.807) is 0 Å². The van der Waals surface area contributed by atoms with E-state index in [-0.39, 0.29) is 0 Å². The molecule has 0 unspecified atom stereocenters. The zero-order valence-electron chi connectivity index (χ0n) is 28.3. The van der Waals surface area contributed by atoms with Crippen molar-refractivity contribution in [2.75, 3.05) is 0 Å². The third kappa shape index (κ3) is 5.14. The molecule has 2 nitrogen and oxygen atoms in total. The van der Waals surface area contributed by atoms with Gasteiger partial charge in [0.2, 0.25) is 0 Å². The molecular weight excluding hydrogens is 649 g/mol. The minimum absolute atomic E-state index is 0.940. The number of para-hydroxylation sites is 3. The van der Waals surface area contributed by atoms with E-state index < -0.39 is 0 Å². The number of nitrogens with zero attached hydrogens (tertiary/aromatic N) is 2. The summed E-state index contributed by atoms with van der Waals surface area (Å²) in [6, 6.07) is 69.7. The van der Waals surface area contributed by atoms with E-state index in [0.717, 1.165) is 39.2 Å². The first-order chi connectivity index (χ1) is 25.8. The molecular formula is C49H32N2S. The van der Waals surface area contributed by atoms with Gasteiger partial charge in [-0.2, -0.15) is 0 Å². The molecule has 0 aliphatic rings. The molecule has 52 heavy (non-hydrogen) atoms. The molecule has 0 amide bonds. The van der Waals surface area contributed by atoms with Gasteiger partial charge in [-0.25, -0.2) is 4.98 Å². The van der Waals surface area contributed by atoms with Crippen molar-refractivity contribution in [2.24, 2.45) is 0 Å². The first-order valence-electron chi connectivity index (χ1n) is 17.6. The van der Waals surface area contributed by atoms with Gasteiger partial charge in [-0.3, -0.25) is 4.57 Å². The van der Waals surface area contributed by atoms with Crippen molar-refractivity contribution >= 4 is 42.5 Å². The molecule has 0 aliphatic heterocycles. The molecule has 0 saturated heterocycles. The highest BCUT2D eigenvalue weighted by Crippen LogP contribution is 2.45. The SMILES string of the molecule is c1ccc(-c2ccc(-c3ccc4c(c3)sc3c(-c5nc6ccccc6n5-c5c(-c6ccccc6)cccc5-c5ccccc5)cccc34)cc2)cc1. The Labute approximate surface area is 306 Å². The van der Waals surface area contributed by atoms with Crippen LogP contribution in [0.25, 0.3) is 92.8 Å². The molecule has 0 aliphatic carbocycles. The van der Waals surface area contributed by atoms with Crippen molar-refractivity contribution in [3.63, 3.8) is 0 Å². The fourth-order valence-corrected chi connectivity index (χ4v) is 8.81. The first-order valence-corrected chi connectivity index (χ1v) is 18.4. The van der Waals surface area contributed by atoms with E-state index in [4.69, 9.17) is 4.98 Å². The number of hydrogen-bond donors (Lipinski definition) is 0. The van der Waals surface area contributed by atoms with Gasteiger partial charge < -0.3 is 0 Å². The Morgan fingerprint density at radius 2 is 0.904 bits per heavy atom. The van der Waals surface area contributed by atoms with E-state index in [1.807, 2.05) is 11.3 Å². The lowest BCUT2D eigenvalue weighted by Gasteiger charge is -2.20. The average Bonchev–Trinajstić information content (AvgIpc) is 3.80. The summed E-state index contributed by atoms with van der Waals surface area (Å²) in [6.07, 6.45) is 0. The molecule has 2 aromatic heterocycles. The first kappa shape index (κ1) is 30.3. The molecule has 0 N–H and O–H groups in total. The number of imidazole rings is 1. The summed E-state index contributed by atoms with van der Waals surface area (Å²) in [5.74, 6) is 0.940.